The summed E-state index contributed by atoms with van der Waals surface area (Å²) in [5, 5.41) is 31.6. The number of rotatable bonds is 13. The molecule has 0 bridgehead atoms. The molecule has 0 aromatic carbocycles. The highest BCUT2D eigenvalue weighted by Crippen LogP contribution is 2.21. The van der Waals surface area contributed by atoms with Crippen LogP contribution in [0.1, 0.15) is 52.4 Å². The molecule has 33 heavy (non-hydrogen) atoms. The number of carboxylic acids is 3. The SMILES string of the molecule is CC(C)C[C@H](NC(=O)[C@@H](N)CC(=O)O)C(=O)N1CCC[C@H]1C(=O)N[C@@H](CCC(=O)O)C(=O)O. The van der Waals surface area contributed by atoms with Gasteiger partial charge in [-0.1, -0.05) is 13.8 Å². The number of likely N-dealkylation sites (tertiary alicyclic amines) is 1. The van der Waals surface area contributed by atoms with Gasteiger partial charge in [0, 0.05) is 13.0 Å². The van der Waals surface area contributed by atoms with Gasteiger partial charge in [-0.2, -0.15) is 0 Å². The van der Waals surface area contributed by atoms with E-state index in [-0.39, 0.29) is 31.7 Å². The highest BCUT2D eigenvalue weighted by Gasteiger charge is 2.39. The summed E-state index contributed by atoms with van der Waals surface area (Å²) in [6.07, 6.45) is -0.433. The Bertz CT molecular complexity index is 771. The first-order valence-electron chi connectivity index (χ1n) is 10.7. The molecule has 13 heteroatoms. The van der Waals surface area contributed by atoms with Crippen LogP contribution in [0.4, 0.5) is 0 Å². The molecule has 186 valence electrons. The van der Waals surface area contributed by atoms with Gasteiger partial charge in [-0.3, -0.25) is 24.0 Å². The molecule has 1 saturated heterocycles. The van der Waals surface area contributed by atoms with Gasteiger partial charge in [-0.15, -0.1) is 0 Å². The molecule has 7 N–H and O–H groups in total. The molecule has 0 radical (unpaired) electrons. The van der Waals surface area contributed by atoms with E-state index >= 15 is 0 Å². The Morgan fingerprint density at radius 2 is 1.64 bits per heavy atom. The predicted octanol–water partition coefficient (Wildman–Crippen LogP) is -1.26. The minimum absolute atomic E-state index is 0.0303. The van der Waals surface area contributed by atoms with Crippen LogP contribution >= 0.6 is 0 Å². The van der Waals surface area contributed by atoms with Gasteiger partial charge in [0.2, 0.25) is 17.7 Å². The van der Waals surface area contributed by atoms with Gasteiger partial charge in [0.1, 0.15) is 18.1 Å². The van der Waals surface area contributed by atoms with E-state index in [4.69, 9.17) is 15.9 Å². The molecule has 1 aliphatic rings. The van der Waals surface area contributed by atoms with Crippen LogP contribution in [0.3, 0.4) is 0 Å². The Kier molecular flexibility index (Phi) is 10.7. The Morgan fingerprint density at radius 3 is 2.15 bits per heavy atom. The molecule has 0 unspecified atom stereocenters. The maximum Gasteiger partial charge on any atom is 0.326 e. The zero-order valence-electron chi connectivity index (χ0n) is 18.7. The maximum absolute atomic E-state index is 13.2. The average Bonchev–Trinajstić information content (AvgIpc) is 3.18. The molecule has 0 aromatic heterocycles. The van der Waals surface area contributed by atoms with Gasteiger partial charge in [0.05, 0.1) is 12.5 Å². The van der Waals surface area contributed by atoms with Crippen molar-refractivity contribution in [2.45, 2.75) is 76.5 Å². The smallest absolute Gasteiger partial charge is 0.326 e. The standard InChI is InChI=1S/C20H32N4O9/c1-10(2)8-13(23-17(29)11(21)9-16(27)28)19(31)24-7-3-4-14(24)18(30)22-12(20(32)33)5-6-15(25)26/h10-14H,3-9,21H2,1-2H3,(H,22,30)(H,23,29)(H,25,26)(H,27,28)(H,32,33)/t11-,12-,13-,14-/m0/s1. The molecular formula is C20H32N4O9. The van der Waals surface area contributed by atoms with Crippen LogP contribution in [0.2, 0.25) is 0 Å². The number of nitrogens with zero attached hydrogens (tertiary/aromatic N) is 1. The quantitative estimate of drug-likeness (QED) is 0.187. The summed E-state index contributed by atoms with van der Waals surface area (Å²) in [7, 11) is 0. The second kappa shape index (κ2) is 12.7. The molecule has 0 saturated carbocycles. The highest BCUT2D eigenvalue weighted by atomic mass is 16.4. The average molecular weight is 472 g/mol. The largest absolute Gasteiger partial charge is 0.481 e. The monoisotopic (exact) mass is 472 g/mol. The van der Waals surface area contributed by atoms with Crippen molar-refractivity contribution in [3.8, 4) is 0 Å². The third-order valence-corrected chi connectivity index (χ3v) is 5.15. The van der Waals surface area contributed by atoms with Crippen molar-refractivity contribution in [3.05, 3.63) is 0 Å². The normalized spacial score (nSPS) is 18.3. The number of amides is 3. The first-order chi connectivity index (χ1) is 15.3. The predicted molar refractivity (Wildman–Crippen MR) is 113 cm³/mol. The molecule has 13 nitrogen and oxygen atoms in total. The van der Waals surface area contributed by atoms with Crippen molar-refractivity contribution in [1.29, 1.82) is 0 Å². The van der Waals surface area contributed by atoms with Gasteiger partial charge < -0.3 is 36.6 Å². The first kappa shape index (κ1) is 27.8. The summed E-state index contributed by atoms with van der Waals surface area (Å²) in [6.45, 7) is 3.84. The molecule has 0 aromatic rings. The lowest BCUT2D eigenvalue weighted by Gasteiger charge is -2.30. The molecule has 1 rings (SSSR count). The second-order valence-electron chi connectivity index (χ2n) is 8.42. The summed E-state index contributed by atoms with van der Waals surface area (Å²) in [5.74, 6) is -5.99. The van der Waals surface area contributed by atoms with Crippen molar-refractivity contribution < 1.29 is 44.1 Å². The van der Waals surface area contributed by atoms with Crippen LogP contribution in [-0.4, -0.2) is 86.6 Å². The molecule has 0 aliphatic carbocycles. The van der Waals surface area contributed by atoms with Gasteiger partial charge in [-0.05, 0) is 31.6 Å². The zero-order chi connectivity index (χ0) is 25.3. The lowest BCUT2D eigenvalue weighted by molar-refractivity contribution is -0.145. The third-order valence-electron chi connectivity index (χ3n) is 5.15. The Morgan fingerprint density at radius 1 is 1.00 bits per heavy atom. The van der Waals surface area contributed by atoms with E-state index in [2.05, 4.69) is 10.6 Å². The van der Waals surface area contributed by atoms with Crippen LogP contribution in [0, 0.1) is 5.92 Å². The summed E-state index contributed by atoms with van der Waals surface area (Å²) < 4.78 is 0. The van der Waals surface area contributed by atoms with Crippen LogP contribution < -0.4 is 16.4 Å². The maximum atomic E-state index is 13.2. The minimum Gasteiger partial charge on any atom is -0.481 e. The molecule has 3 amide bonds. The number of nitrogens with two attached hydrogens (primary N) is 1. The molecule has 1 fully saturated rings. The summed E-state index contributed by atoms with van der Waals surface area (Å²) in [6, 6.07) is -4.81. The fourth-order valence-corrected chi connectivity index (χ4v) is 3.55. The van der Waals surface area contributed by atoms with Crippen molar-refractivity contribution in [3.63, 3.8) is 0 Å². The summed E-state index contributed by atoms with van der Waals surface area (Å²) in [5.41, 5.74) is 5.58. The van der Waals surface area contributed by atoms with Crippen LogP contribution in [0.15, 0.2) is 0 Å². The van der Waals surface area contributed by atoms with Gasteiger partial charge in [-0.25, -0.2) is 4.79 Å². The van der Waals surface area contributed by atoms with Crippen LogP contribution in [0.25, 0.3) is 0 Å². The molecule has 4 atom stereocenters. The van der Waals surface area contributed by atoms with Crippen molar-refractivity contribution >= 4 is 35.6 Å². The number of aliphatic carboxylic acids is 3. The Balaban J connectivity index is 2.94. The number of carbonyl (C=O) groups excluding carboxylic acids is 3. The van der Waals surface area contributed by atoms with Crippen LogP contribution in [0.5, 0.6) is 0 Å². The van der Waals surface area contributed by atoms with Gasteiger partial charge in [0.25, 0.3) is 0 Å². The molecule has 0 spiro atoms. The lowest BCUT2D eigenvalue weighted by atomic mass is 10.0. The molecular weight excluding hydrogens is 440 g/mol. The molecule has 1 heterocycles. The number of carbonyl (C=O) groups is 6. The van der Waals surface area contributed by atoms with Gasteiger partial charge in [0.15, 0.2) is 0 Å². The second-order valence-corrected chi connectivity index (χ2v) is 8.42. The number of hydrogen-bond acceptors (Lipinski definition) is 7. The fourth-order valence-electron chi connectivity index (χ4n) is 3.55. The van der Waals surface area contributed by atoms with Crippen molar-refractivity contribution in [2.24, 2.45) is 11.7 Å². The highest BCUT2D eigenvalue weighted by molar-refractivity contribution is 5.95. The topological polar surface area (TPSA) is 216 Å². The van der Waals surface area contributed by atoms with E-state index in [1.165, 1.54) is 4.90 Å². The summed E-state index contributed by atoms with van der Waals surface area (Å²) in [4.78, 5) is 72.4. The Hall–Kier alpha value is -3.22. The van der Waals surface area contributed by atoms with E-state index in [9.17, 15) is 33.9 Å². The first-order valence-corrected chi connectivity index (χ1v) is 10.7. The van der Waals surface area contributed by atoms with E-state index < -0.39 is 72.6 Å². The van der Waals surface area contributed by atoms with Crippen molar-refractivity contribution in [1.82, 2.24) is 15.5 Å². The van der Waals surface area contributed by atoms with Crippen molar-refractivity contribution in [2.75, 3.05) is 6.54 Å². The molecule has 1 aliphatic heterocycles. The fraction of sp³-hybridized carbons (Fsp3) is 0.700. The van der Waals surface area contributed by atoms with Crippen LogP contribution in [-0.2, 0) is 28.8 Å². The lowest BCUT2D eigenvalue weighted by Crippen LogP contribution is -2.57. The third kappa shape index (κ3) is 9.04. The number of hydrogen-bond donors (Lipinski definition) is 6. The van der Waals surface area contributed by atoms with E-state index in [0.717, 1.165) is 0 Å². The Labute approximate surface area is 190 Å². The minimum atomic E-state index is -1.42. The van der Waals surface area contributed by atoms with E-state index in [1.807, 2.05) is 13.8 Å². The zero-order valence-corrected chi connectivity index (χ0v) is 18.7. The van der Waals surface area contributed by atoms with Gasteiger partial charge >= 0.3 is 17.9 Å². The van der Waals surface area contributed by atoms with E-state index in [0.29, 0.717) is 6.42 Å². The number of carboxylic acid groups (broad SMARTS) is 3. The van der Waals surface area contributed by atoms with E-state index in [1.54, 1.807) is 0 Å². The number of nitrogens with one attached hydrogen (secondary N) is 2. The summed E-state index contributed by atoms with van der Waals surface area (Å²) >= 11 is 0.